The van der Waals surface area contributed by atoms with Gasteiger partial charge in [0.25, 0.3) is 5.91 Å². The zero-order valence-electron chi connectivity index (χ0n) is 16.0. The highest BCUT2D eigenvalue weighted by molar-refractivity contribution is 6.31. The van der Waals surface area contributed by atoms with Gasteiger partial charge in [0, 0.05) is 47.3 Å². The Hall–Kier alpha value is -2.71. The van der Waals surface area contributed by atoms with E-state index < -0.39 is 0 Å². The zero-order valence-corrected chi connectivity index (χ0v) is 16.8. The van der Waals surface area contributed by atoms with Crippen LogP contribution in [0.15, 0.2) is 24.3 Å². The van der Waals surface area contributed by atoms with Gasteiger partial charge in [-0.3, -0.25) is 9.89 Å². The van der Waals surface area contributed by atoms with Crippen LogP contribution in [0.4, 0.5) is 11.6 Å². The number of halogens is 1. The van der Waals surface area contributed by atoms with E-state index in [1.165, 1.54) is 0 Å². The number of H-pyrrole nitrogens is 1. The van der Waals surface area contributed by atoms with Crippen LogP contribution in [0.5, 0.6) is 0 Å². The molecule has 1 amide bonds. The van der Waals surface area contributed by atoms with Crippen LogP contribution < -0.4 is 10.6 Å². The van der Waals surface area contributed by atoms with Crippen LogP contribution in [0.3, 0.4) is 0 Å². The quantitative estimate of drug-likeness (QED) is 0.626. The molecule has 1 aromatic carbocycles. The van der Waals surface area contributed by atoms with Gasteiger partial charge in [0.2, 0.25) is 5.82 Å². The molecule has 1 aliphatic rings. The number of aromatic nitrogens is 4. The first kappa shape index (κ1) is 18.6. The fraction of sp³-hybridized carbons (Fsp3) is 0.368. The number of aromatic amines is 1. The summed E-state index contributed by atoms with van der Waals surface area (Å²) in [5.41, 5.74) is 1.41. The first-order valence-corrected chi connectivity index (χ1v) is 9.49. The van der Waals surface area contributed by atoms with Crippen molar-refractivity contribution >= 4 is 40.0 Å². The van der Waals surface area contributed by atoms with Gasteiger partial charge < -0.3 is 15.5 Å². The van der Waals surface area contributed by atoms with E-state index >= 15 is 0 Å². The molecule has 0 atom stereocenters. The smallest absolute Gasteiger partial charge is 0.291 e. The van der Waals surface area contributed by atoms with Crippen molar-refractivity contribution in [3.05, 3.63) is 40.8 Å². The molecule has 9 heteroatoms. The number of benzene rings is 1. The van der Waals surface area contributed by atoms with E-state index in [9.17, 15) is 4.79 Å². The third-order valence-corrected chi connectivity index (χ3v) is 4.90. The molecule has 0 bridgehead atoms. The highest BCUT2D eigenvalue weighted by Crippen LogP contribution is 2.27. The van der Waals surface area contributed by atoms with E-state index in [0.717, 1.165) is 17.6 Å². The predicted octanol–water partition coefficient (Wildman–Crippen LogP) is 2.88. The van der Waals surface area contributed by atoms with Crippen LogP contribution >= 0.6 is 11.6 Å². The third kappa shape index (κ3) is 3.79. The van der Waals surface area contributed by atoms with Crippen molar-refractivity contribution in [1.29, 1.82) is 0 Å². The second-order valence-electron chi connectivity index (χ2n) is 7.66. The molecule has 0 spiro atoms. The summed E-state index contributed by atoms with van der Waals surface area (Å²) in [7, 11) is 0. The van der Waals surface area contributed by atoms with Gasteiger partial charge in [-0.25, -0.2) is 9.97 Å². The van der Waals surface area contributed by atoms with Crippen LogP contribution in [0, 0.1) is 6.92 Å². The van der Waals surface area contributed by atoms with Crippen LogP contribution in [0.25, 0.3) is 10.9 Å². The number of carbonyl (C=O) groups excluding carboxylic acids is 1. The number of amides is 1. The molecule has 4 rings (SSSR count). The summed E-state index contributed by atoms with van der Waals surface area (Å²) >= 11 is 6.17. The molecular weight excluding hydrogens is 378 g/mol. The zero-order chi connectivity index (χ0) is 19.9. The lowest BCUT2D eigenvalue weighted by atomic mass is 10.0. The van der Waals surface area contributed by atoms with Crippen molar-refractivity contribution in [3.63, 3.8) is 0 Å². The number of rotatable bonds is 3. The molecule has 3 aromatic rings. The number of hydrogen-bond acceptors (Lipinski definition) is 6. The van der Waals surface area contributed by atoms with Gasteiger partial charge in [0.05, 0.1) is 5.52 Å². The highest BCUT2D eigenvalue weighted by atomic mass is 35.5. The van der Waals surface area contributed by atoms with Crippen molar-refractivity contribution in [2.75, 3.05) is 25.0 Å². The molecule has 2 aromatic heterocycles. The summed E-state index contributed by atoms with van der Waals surface area (Å²) < 4.78 is 0. The average molecular weight is 400 g/mol. The maximum Gasteiger partial charge on any atom is 0.291 e. The van der Waals surface area contributed by atoms with Crippen molar-refractivity contribution in [2.45, 2.75) is 26.3 Å². The molecule has 0 unspecified atom stereocenters. The number of piperazine rings is 1. The average Bonchev–Trinajstić information content (AvgIpc) is 3.05. The Kier molecular flexibility index (Phi) is 4.68. The Morgan fingerprint density at radius 3 is 2.82 bits per heavy atom. The van der Waals surface area contributed by atoms with E-state index in [-0.39, 0.29) is 17.3 Å². The lowest BCUT2D eigenvalue weighted by Gasteiger charge is -2.38. The number of fused-ring (bicyclic) bond motifs is 1. The van der Waals surface area contributed by atoms with Gasteiger partial charge in [-0.15, -0.1) is 0 Å². The summed E-state index contributed by atoms with van der Waals surface area (Å²) in [5, 5.41) is 14.9. The second-order valence-corrected chi connectivity index (χ2v) is 8.09. The minimum Gasteiger partial charge on any atom is -0.333 e. The van der Waals surface area contributed by atoms with Gasteiger partial charge in [-0.2, -0.15) is 5.10 Å². The fourth-order valence-electron chi connectivity index (χ4n) is 3.35. The number of hydrogen-bond donors (Lipinski definition) is 3. The number of carbonyl (C=O) groups is 1. The molecule has 28 heavy (non-hydrogen) atoms. The Morgan fingerprint density at radius 1 is 1.29 bits per heavy atom. The van der Waals surface area contributed by atoms with Gasteiger partial charge in [0.15, 0.2) is 5.82 Å². The maximum absolute atomic E-state index is 13.1. The molecular formula is C19H22ClN7O. The minimum absolute atomic E-state index is 0.147. The molecule has 3 N–H and O–H groups in total. The second kappa shape index (κ2) is 7.03. The summed E-state index contributed by atoms with van der Waals surface area (Å²) in [6.45, 7) is 8.00. The fourth-order valence-corrected chi connectivity index (χ4v) is 3.52. The Balaban J connectivity index is 1.74. The summed E-state index contributed by atoms with van der Waals surface area (Å²) in [5.74, 6) is 1.07. The topological polar surface area (TPSA) is 98.8 Å². The van der Waals surface area contributed by atoms with E-state index in [2.05, 4.69) is 44.6 Å². The number of aryl methyl sites for hydroxylation is 1. The Bertz CT molecular complexity index is 1050. The van der Waals surface area contributed by atoms with Crippen molar-refractivity contribution in [1.82, 2.24) is 30.4 Å². The summed E-state index contributed by atoms with van der Waals surface area (Å²) in [6.07, 6.45) is 0. The molecule has 1 aliphatic heterocycles. The Morgan fingerprint density at radius 2 is 2.11 bits per heavy atom. The largest absolute Gasteiger partial charge is 0.333 e. The summed E-state index contributed by atoms with van der Waals surface area (Å²) in [4.78, 5) is 23.9. The highest BCUT2D eigenvalue weighted by Gasteiger charge is 2.30. The molecule has 3 heterocycles. The standard InChI is InChI=1S/C19H22ClN7O/c1-11-8-15(26-25-11)23-16-13-9-12(20)4-5-14(13)22-17(24-16)18(28)27-7-6-21-19(2,3)10-27/h4-5,8-9,21H,6-7,10H2,1-3H3,(H2,22,23,24,25,26). The lowest BCUT2D eigenvalue weighted by molar-refractivity contribution is 0.0640. The van der Waals surface area contributed by atoms with Crippen LogP contribution in [-0.2, 0) is 0 Å². The van der Waals surface area contributed by atoms with Crippen LogP contribution in [0.2, 0.25) is 5.02 Å². The molecule has 0 radical (unpaired) electrons. The lowest BCUT2D eigenvalue weighted by Crippen LogP contribution is -2.58. The first-order chi connectivity index (χ1) is 13.3. The predicted molar refractivity (Wildman–Crippen MR) is 109 cm³/mol. The van der Waals surface area contributed by atoms with Crippen molar-refractivity contribution in [2.24, 2.45) is 0 Å². The summed E-state index contributed by atoms with van der Waals surface area (Å²) in [6, 6.07) is 7.18. The molecule has 146 valence electrons. The molecule has 0 aliphatic carbocycles. The van der Waals surface area contributed by atoms with Gasteiger partial charge in [-0.1, -0.05) is 11.6 Å². The van der Waals surface area contributed by atoms with E-state index in [0.29, 0.717) is 35.3 Å². The monoisotopic (exact) mass is 399 g/mol. The van der Waals surface area contributed by atoms with Crippen molar-refractivity contribution < 1.29 is 4.79 Å². The molecule has 1 saturated heterocycles. The minimum atomic E-state index is -0.187. The van der Waals surface area contributed by atoms with Gasteiger partial charge in [0.1, 0.15) is 5.82 Å². The normalized spacial score (nSPS) is 16.4. The van der Waals surface area contributed by atoms with Crippen LogP contribution in [-0.4, -0.2) is 56.1 Å². The van der Waals surface area contributed by atoms with Gasteiger partial charge >= 0.3 is 0 Å². The van der Waals surface area contributed by atoms with E-state index in [1.807, 2.05) is 13.0 Å². The van der Waals surface area contributed by atoms with Gasteiger partial charge in [-0.05, 0) is 39.0 Å². The molecule has 1 fully saturated rings. The Labute approximate surface area is 167 Å². The van der Waals surface area contributed by atoms with Crippen LogP contribution in [0.1, 0.15) is 30.2 Å². The third-order valence-electron chi connectivity index (χ3n) is 4.66. The van der Waals surface area contributed by atoms with E-state index in [1.54, 1.807) is 23.1 Å². The number of nitrogens with zero attached hydrogens (tertiary/aromatic N) is 4. The first-order valence-electron chi connectivity index (χ1n) is 9.11. The maximum atomic E-state index is 13.1. The molecule has 8 nitrogen and oxygen atoms in total. The van der Waals surface area contributed by atoms with Crippen molar-refractivity contribution in [3.8, 4) is 0 Å². The van der Waals surface area contributed by atoms with E-state index in [4.69, 9.17) is 11.6 Å². The number of nitrogens with one attached hydrogen (secondary N) is 3. The SMILES string of the molecule is Cc1cc(Nc2nc(C(=O)N3CCNC(C)(C)C3)nc3ccc(Cl)cc23)n[nH]1. The molecule has 0 saturated carbocycles. The number of anilines is 2.